The summed E-state index contributed by atoms with van der Waals surface area (Å²) in [6, 6.07) is 8.65. The molecule has 1 saturated heterocycles. The van der Waals surface area contributed by atoms with E-state index < -0.39 is 18.2 Å². The number of aromatic nitrogens is 3. The summed E-state index contributed by atoms with van der Waals surface area (Å²) in [6.07, 6.45) is 2.50. The van der Waals surface area contributed by atoms with E-state index in [-0.39, 0.29) is 17.1 Å². The average Bonchev–Trinajstić information content (AvgIpc) is 3.17. The summed E-state index contributed by atoms with van der Waals surface area (Å²) in [5.41, 5.74) is -0.758. The highest BCUT2D eigenvalue weighted by molar-refractivity contribution is 7.18. The molecule has 1 aliphatic carbocycles. The molecule has 2 fully saturated rings. The van der Waals surface area contributed by atoms with Gasteiger partial charge in [0.05, 0.1) is 11.5 Å². The lowest BCUT2D eigenvalue weighted by Gasteiger charge is -2.22. The predicted octanol–water partition coefficient (Wildman–Crippen LogP) is 3.72. The van der Waals surface area contributed by atoms with Crippen molar-refractivity contribution in [1.29, 1.82) is 0 Å². The molecule has 2 aromatic heterocycles. The molecule has 7 nitrogen and oxygen atoms in total. The third-order valence-electron chi connectivity index (χ3n) is 5.62. The van der Waals surface area contributed by atoms with Gasteiger partial charge in [0, 0.05) is 6.54 Å². The van der Waals surface area contributed by atoms with Crippen LogP contribution in [0.4, 0.5) is 9.18 Å². The Morgan fingerprint density at radius 2 is 2.10 bits per heavy atom. The zero-order valence-corrected chi connectivity index (χ0v) is 16.4. The van der Waals surface area contributed by atoms with Gasteiger partial charge in [0.2, 0.25) is 0 Å². The first-order valence-corrected chi connectivity index (χ1v) is 10.4. The van der Waals surface area contributed by atoms with Crippen LogP contribution in [0.2, 0.25) is 0 Å². The number of halogens is 1. The van der Waals surface area contributed by atoms with Crippen LogP contribution in [0.5, 0.6) is 5.75 Å². The second kappa shape index (κ2) is 6.91. The Labute approximate surface area is 169 Å². The number of para-hydroxylation sites is 1. The SMILES string of the molecule is O=C(Oc1ccccc1)N1CCCC1c1nc2c(=O)[nH]c(C3(CF)CC3)nc2s1. The van der Waals surface area contributed by atoms with Crippen molar-refractivity contribution in [2.45, 2.75) is 37.1 Å². The van der Waals surface area contributed by atoms with Crippen LogP contribution < -0.4 is 10.3 Å². The summed E-state index contributed by atoms with van der Waals surface area (Å²) in [5.74, 6) is 0.885. The lowest BCUT2D eigenvalue weighted by atomic mass is 10.1. The van der Waals surface area contributed by atoms with Gasteiger partial charge in [0.1, 0.15) is 23.3 Å². The molecule has 0 bridgehead atoms. The molecule has 1 aromatic carbocycles. The van der Waals surface area contributed by atoms with Crippen LogP contribution in [0.25, 0.3) is 10.3 Å². The third kappa shape index (κ3) is 3.19. The highest BCUT2D eigenvalue weighted by Crippen LogP contribution is 2.47. The lowest BCUT2D eigenvalue weighted by molar-refractivity contribution is 0.147. The van der Waals surface area contributed by atoms with Crippen molar-refractivity contribution in [2.75, 3.05) is 13.2 Å². The minimum absolute atomic E-state index is 0.242. The maximum Gasteiger partial charge on any atom is 0.415 e. The van der Waals surface area contributed by atoms with Crippen LogP contribution in [-0.4, -0.2) is 39.2 Å². The van der Waals surface area contributed by atoms with Gasteiger partial charge in [-0.05, 0) is 37.8 Å². The number of rotatable bonds is 4. The summed E-state index contributed by atoms with van der Waals surface area (Å²) in [7, 11) is 0. The van der Waals surface area contributed by atoms with Gasteiger partial charge >= 0.3 is 6.09 Å². The Hall–Kier alpha value is -2.81. The third-order valence-corrected chi connectivity index (χ3v) is 6.67. The molecule has 1 atom stereocenters. The number of carbonyl (C=O) groups is 1. The Morgan fingerprint density at radius 1 is 1.31 bits per heavy atom. The van der Waals surface area contributed by atoms with Crippen LogP contribution in [0.1, 0.15) is 42.6 Å². The highest BCUT2D eigenvalue weighted by atomic mass is 32.1. The fourth-order valence-corrected chi connectivity index (χ4v) is 4.80. The van der Waals surface area contributed by atoms with Gasteiger partial charge in [-0.2, -0.15) is 0 Å². The molecule has 1 aliphatic heterocycles. The molecule has 1 saturated carbocycles. The first-order valence-electron chi connectivity index (χ1n) is 9.60. The van der Waals surface area contributed by atoms with E-state index >= 15 is 0 Å². The summed E-state index contributed by atoms with van der Waals surface area (Å²) in [4.78, 5) is 39.0. The van der Waals surface area contributed by atoms with Crippen molar-refractivity contribution < 1.29 is 13.9 Å². The van der Waals surface area contributed by atoms with E-state index in [1.807, 2.05) is 6.07 Å². The Morgan fingerprint density at radius 3 is 2.83 bits per heavy atom. The molecule has 0 spiro atoms. The van der Waals surface area contributed by atoms with Crippen molar-refractivity contribution in [3.05, 3.63) is 51.5 Å². The van der Waals surface area contributed by atoms with E-state index in [0.29, 0.717) is 40.8 Å². The zero-order valence-electron chi connectivity index (χ0n) is 15.6. The smallest absolute Gasteiger partial charge is 0.410 e. The fourth-order valence-electron chi connectivity index (χ4n) is 3.72. The summed E-state index contributed by atoms with van der Waals surface area (Å²) in [5, 5.41) is 0.655. The molecule has 1 N–H and O–H groups in total. The van der Waals surface area contributed by atoms with E-state index in [9.17, 15) is 14.0 Å². The zero-order chi connectivity index (χ0) is 20.0. The molecular formula is C20H19FN4O3S. The molecule has 2 aliphatic rings. The van der Waals surface area contributed by atoms with Crippen LogP contribution in [0, 0.1) is 0 Å². The largest absolute Gasteiger partial charge is 0.415 e. The molecule has 3 heterocycles. The van der Waals surface area contributed by atoms with E-state index in [1.54, 1.807) is 29.2 Å². The maximum atomic E-state index is 13.4. The molecular weight excluding hydrogens is 395 g/mol. The van der Waals surface area contributed by atoms with E-state index in [1.165, 1.54) is 11.3 Å². The molecule has 150 valence electrons. The number of nitrogens with one attached hydrogen (secondary N) is 1. The number of carbonyl (C=O) groups excluding carboxylic acids is 1. The second-order valence-electron chi connectivity index (χ2n) is 7.57. The number of likely N-dealkylation sites (tertiary alicyclic amines) is 1. The summed E-state index contributed by atoms with van der Waals surface area (Å²) in [6.45, 7) is 0.0289. The first-order chi connectivity index (χ1) is 14.1. The second-order valence-corrected chi connectivity index (χ2v) is 8.58. The number of hydrogen-bond donors (Lipinski definition) is 1. The molecule has 1 amide bonds. The number of alkyl halides is 1. The van der Waals surface area contributed by atoms with Gasteiger partial charge in [-0.3, -0.25) is 9.69 Å². The van der Waals surface area contributed by atoms with Crippen molar-refractivity contribution in [1.82, 2.24) is 19.9 Å². The van der Waals surface area contributed by atoms with Gasteiger partial charge in [-0.1, -0.05) is 29.5 Å². The van der Waals surface area contributed by atoms with Crippen LogP contribution >= 0.6 is 11.3 Å². The molecule has 1 unspecified atom stereocenters. The normalized spacial score (nSPS) is 20.2. The molecule has 9 heteroatoms. The molecule has 0 radical (unpaired) electrons. The number of fused-ring (bicyclic) bond motifs is 1. The highest BCUT2D eigenvalue weighted by Gasteiger charge is 2.47. The Balaban J connectivity index is 1.44. The standard InChI is InChI=1S/C20H19FN4O3S/c21-11-20(8-9-20)18-23-15(26)14-17(24-18)29-16(22-14)13-7-4-10-25(13)19(27)28-12-5-2-1-3-6-12/h1-3,5-6,13H,4,7-11H2,(H,23,24,26). The number of benzene rings is 1. The first kappa shape index (κ1) is 18.2. The van der Waals surface area contributed by atoms with Gasteiger partial charge in [0.15, 0.2) is 10.3 Å². The van der Waals surface area contributed by atoms with Crippen LogP contribution in [0.3, 0.4) is 0 Å². The van der Waals surface area contributed by atoms with E-state index in [2.05, 4.69) is 15.0 Å². The van der Waals surface area contributed by atoms with Crippen molar-refractivity contribution >= 4 is 27.8 Å². The van der Waals surface area contributed by atoms with Crippen molar-refractivity contribution in [3.8, 4) is 5.75 Å². The van der Waals surface area contributed by atoms with E-state index in [0.717, 1.165) is 12.8 Å². The van der Waals surface area contributed by atoms with Gasteiger partial charge in [-0.25, -0.2) is 19.2 Å². The predicted molar refractivity (Wildman–Crippen MR) is 106 cm³/mol. The Kier molecular flexibility index (Phi) is 4.34. The molecule has 3 aromatic rings. The molecule has 29 heavy (non-hydrogen) atoms. The van der Waals surface area contributed by atoms with Gasteiger partial charge in [-0.15, -0.1) is 0 Å². The monoisotopic (exact) mass is 414 g/mol. The Bertz CT molecular complexity index is 1130. The number of nitrogens with zero attached hydrogens (tertiary/aromatic N) is 3. The van der Waals surface area contributed by atoms with E-state index in [4.69, 9.17) is 4.74 Å². The average molecular weight is 414 g/mol. The topological polar surface area (TPSA) is 88.2 Å². The van der Waals surface area contributed by atoms with Crippen LogP contribution in [-0.2, 0) is 5.41 Å². The molecule has 5 rings (SSSR count). The number of aromatic amines is 1. The lowest BCUT2D eigenvalue weighted by Crippen LogP contribution is -2.33. The number of H-pyrrole nitrogens is 1. The summed E-state index contributed by atoms with van der Waals surface area (Å²) >= 11 is 1.29. The number of hydrogen-bond acceptors (Lipinski definition) is 6. The number of amides is 1. The quantitative estimate of drug-likeness (QED) is 0.703. The van der Waals surface area contributed by atoms with Gasteiger partial charge in [0.25, 0.3) is 5.56 Å². The minimum Gasteiger partial charge on any atom is -0.410 e. The number of ether oxygens (including phenoxy) is 1. The van der Waals surface area contributed by atoms with Crippen LogP contribution in [0.15, 0.2) is 35.1 Å². The van der Waals surface area contributed by atoms with Crippen molar-refractivity contribution in [3.63, 3.8) is 0 Å². The number of thiazole rings is 1. The van der Waals surface area contributed by atoms with Crippen molar-refractivity contribution in [2.24, 2.45) is 0 Å². The maximum absolute atomic E-state index is 13.4. The minimum atomic E-state index is -0.642. The summed E-state index contributed by atoms with van der Waals surface area (Å²) < 4.78 is 18.9. The fraction of sp³-hybridized carbons (Fsp3) is 0.400. The van der Waals surface area contributed by atoms with Gasteiger partial charge < -0.3 is 9.72 Å².